The minimum absolute atomic E-state index is 0.550. The highest BCUT2D eigenvalue weighted by Gasteiger charge is 2.54. The summed E-state index contributed by atoms with van der Waals surface area (Å²) in [6.07, 6.45) is 6.87. The van der Waals surface area contributed by atoms with E-state index < -0.39 is 0 Å². The third-order valence-corrected chi connectivity index (χ3v) is 4.43. The summed E-state index contributed by atoms with van der Waals surface area (Å²) in [4.78, 5) is 0. The largest absolute Gasteiger partial charge is 0.0852 e. The summed E-state index contributed by atoms with van der Waals surface area (Å²) in [5.74, 6) is 0. The standard InChI is InChI=1S/C7H10Br2/c8-6-2-1-3-7(9,4-6)5-6/h1-5H2. The lowest BCUT2D eigenvalue weighted by Gasteiger charge is -2.55. The van der Waals surface area contributed by atoms with Crippen LogP contribution in [0.25, 0.3) is 0 Å². The van der Waals surface area contributed by atoms with Crippen LogP contribution in [0.3, 0.4) is 0 Å². The molecule has 0 radical (unpaired) electrons. The smallest absolute Gasteiger partial charge is 0.0284 e. The molecule has 0 nitrogen and oxygen atoms in total. The minimum atomic E-state index is 0.550. The first kappa shape index (κ1) is 6.66. The van der Waals surface area contributed by atoms with Crippen LogP contribution in [0, 0.1) is 0 Å². The first-order valence-corrected chi connectivity index (χ1v) is 5.09. The Labute approximate surface area is 72.7 Å². The van der Waals surface area contributed by atoms with E-state index in [4.69, 9.17) is 0 Å². The van der Waals surface area contributed by atoms with Crippen LogP contribution in [0.5, 0.6) is 0 Å². The van der Waals surface area contributed by atoms with E-state index in [1.165, 1.54) is 32.1 Å². The maximum Gasteiger partial charge on any atom is 0.0284 e. The van der Waals surface area contributed by atoms with E-state index in [0.717, 1.165) is 0 Å². The Morgan fingerprint density at radius 1 is 0.889 bits per heavy atom. The van der Waals surface area contributed by atoms with Crippen molar-refractivity contribution < 1.29 is 0 Å². The van der Waals surface area contributed by atoms with Gasteiger partial charge in [0.15, 0.2) is 0 Å². The molecule has 3 saturated carbocycles. The maximum atomic E-state index is 3.76. The van der Waals surface area contributed by atoms with Gasteiger partial charge < -0.3 is 0 Å². The third-order valence-electron chi connectivity index (χ3n) is 2.52. The first-order chi connectivity index (χ1) is 4.12. The molecular formula is C7H10Br2. The van der Waals surface area contributed by atoms with Crippen LogP contribution < -0.4 is 0 Å². The summed E-state index contributed by atoms with van der Waals surface area (Å²) in [5.41, 5.74) is 0. The highest BCUT2D eigenvalue weighted by atomic mass is 79.9. The van der Waals surface area contributed by atoms with Crippen molar-refractivity contribution in [3.05, 3.63) is 0 Å². The van der Waals surface area contributed by atoms with Crippen molar-refractivity contribution in [3.8, 4) is 0 Å². The lowest BCUT2D eigenvalue weighted by Crippen LogP contribution is -2.52. The Balaban J connectivity index is 2.12. The third kappa shape index (κ3) is 0.988. The maximum absolute atomic E-state index is 3.76. The molecule has 0 amide bonds. The van der Waals surface area contributed by atoms with E-state index in [0.29, 0.717) is 8.65 Å². The van der Waals surface area contributed by atoms with E-state index in [1.54, 1.807) is 0 Å². The van der Waals surface area contributed by atoms with E-state index in [2.05, 4.69) is 31.9 Å². The predicted octanol–water partition coefficient (Wildman–Crippen LogP) is 3.23. The first-order valence-electron chi connectivity index (χ1n) is 3.50. The Kier molecular flexibility index (Phi) is 1.30. The molecule has 9 heavy (non-hydrogen) atoms. The summed E-state index contributed by atoms with van der Waals surface area (Å²) in [7, 11) is 0. The van der Waals surface area contributed by atoms with E-state index in [1.807, 2.05) is 0 Å². The lowest BCUT2D eigenvalue weighted by atomic mass is 9.65. The number of hydrogen-bond donors (Lipinski definition) is 0. The van der Waals surface area contributed by atoms with Crippen molar-refractivity contribution in [2.75, 3.05) is 0 Å². The Bertz CT molecular complexity index is 122. The second-order valence-corrected chi connectivity index (χ2v) is 6.87. The summed E-state index contributed by atoms with van der Waals surface area (Å²) in [6.45, 7) is 0. The zero-order valence-electron chi connectivity index (χ0n) is 5.29. The van der Waals surface area contributed by atoms with Gasteiger partial charge in [-0.25, -0.2) is 0 Å². The number of alkyl halides is 2. The van der Waals surface area contributed by atoms with Gasteiger partial charge in [-0.2, -0.15) is 0 Å². The van der Waals surface area contributed by atoms with Crippen LogP contribution >= 0.6 is 31.9 Å². The number of hydrogen-bond acceptors (Lipinski definition) is 0. The summed E-state index contributed by atoms with van der Waals surface area (Å²) in [5, 5.41) is 0. The van der Waals surface area contributed by atoms with Crippen LogP contribution in [0.2, 0.25) is 0 Å². The SMILES string of the molecule is BrC12CCCC(Br)(C1)C2. The predicted molar refractivity (Wildman–Crippen MR) is 46.4 cm³/mol. The molecule has 52 valence electrons. The van der Waals surface area contributed by atoms with Gasteiger partial charge in [0.2, 0.25) is 0 Å². The second kappa shape index (κ2) is 1.76. The second-order valence-electron chi connectivity index (χ2n) is 3.51. The monoisotopic (exact) mass is 252 g/mol. The quantitative estimate of drug-likeness (QED) is 0.582. The molecule has 0 N–H and O–H groups in total. The number of fused-ring (bicyclic) bond motifs is 2. The number of halogens is 2. The fraction of sp³-hybridized carbons (Fsp3) is 1.00. The highest BCUT2D eigenvalue weighted by molar-refractivity contribution is 9.11. The molecule has 0 aromatic heterocycles. The molecule has 0 saturated heterocycles. The highest BCUT2D eigenvalue weighted by Crippen LogP contribution is 2.61. The molecule has 0 atom stereocenters. The Morgan fingerprint density at radius 2 is 1.33 bits per heavy atom. The van der Waals surface area contributed by atoms with Gasteiger partial charge in [0.05, 0.1) is 0 Å². The molecule has 0 aromatic carbocycles. The summed E-state index contributed by atoms with van der Waals surface area (Å²) >= 11 is 7.53. The van der Waals surface area contributed by atoms with Gasteiger partial charge in [0.25, 0.3) is 0 Å². The topological polar surface area (TPSA) is 0 Å². The van der Waals surface area contributed by atoms with Crippen molar-refractivity contribution >= 4 is 31.9 Å². The normalized spacial score (nSPS) is 56.7. The van der Waals surface area contributed by atoms with Crippen LogP contribution in [0.1, 0.15) is 32.1 Å². The fourth-order valence-corrected chi connectivity index (χ4v) is 5.62. The van der Waals surface area contributed by atoms with Gasteiger partial charge in [-0.3, -0.25) is 0 Å². The average molecular weight is 254 g/mol. The van der Waals surface area contributed by atoms with Gasteiger partial charge in [0.1, 0.15) is 0 Å². The molecule has 0 unspecified atom stereocenters. The summed E-state index contributed by atoms with van der Waals surface area (Å²) in [6, 6.07) is 0. The molecule has 0 aromatic rings. The molecule has 2 bridgehead atoms. The van der Waals surface area contributed by atoms with Crippen LogP contribution in [-0.4, -0.2) is 8.65 Å². The van der Waals surface area contributed by atoms with Crippen molar-refractivity contribution in [2.45, 2.75) is 40.8 Å². The fourth-order valence-electron chi connectivity index (χ4n) is 2.16. The Morgan fingerprint density at radius 3 is 1.56 bits per heavy atom. The average Bonchev–Trinajstić information content (AvgIpc) is 1.59. The van der Waals surface area contributed by atoms with E-state index >= 15 is 0 Å². The van der Waals surface area contributed by atoms with Crippen molar-refractivity contribution in [2.24, 2.45) is 0 Å². The van der Waals surface area contributed by atoms with Crippen LogP contribution in [0.4, 0.5) is 0 Å². The number of rotatable bonds is 0. The molecule has 0 aliphatic heterocycles. The van der Waals surface area contributed by atoms with Gasteiger partial charge >= 0.3 is 0 Å². The van der Waals surface area contributed by atoms with Crippen molar-refractivity contribution in [1.82, 2.24) is 0 Å². The van der Waals surface area contributed by atoms with Gasteiger partial charge in [-0.1, -0.05) is 38.3 Å². The van der Waals surface area contributed by atoms with Crippen LogP contribution in [0.15, 0.2) is 0 Å². The van der Waals surface area contributed by atoms with Gasteiger partial charge in [-0.15, -0.1) is 0 Å². The molecule has 3 aliphatic rings. The minimum Gasteiger partial charge on any atom is -0.0852 e. The van der Waals surface area contributed by atoms with Crippen molar-refractivity contribution in [3.63, 3.8) is 0 Å². The molecule has 0 spiro atoms. The molecule has 3 rings (SSSR count). The van der Waals surface area contributed by atoms with E-state index in [9.17, 15) is 0 Å². The zero-order valence-corrected chi connectivity index (χ0v) is 8.46. The molecule has 3 aliphatic carbocycles. The molecular weight excluding hydrogens is 244 g/mol. The van der Waals surface area contributed by atoms with E-state index in [-0.39, 0.29) is 0 Å². The summed E-state index contributed by atoms with van der Waals surface area (Å²) < 4.78 is 1.10. The zero-order chi connectivity index (χ0) is 6.54. The lowest BCUT2D eigenvalue weighted by molar-refractivity contribution is 0.194. The van der Waals surface area contributed by atoms with Crippen LogP contribution in [-0.2, 0) is 0 Å². The van der Waals surface area contributed by atoms with Gasteiger partial charge in [0, 0.05) is 8.65 Å². The molecule has 2 heteroatoms. The Hall–Kier alpha value is 0.960. The van der Waals surface area contributed by atoms with Crippen molar-refractivity contribution in [1.29, 1.82) is 0 Å². The molecule has 0 heterocycles. The van der Waals surface area contributed by atoms with Gasteiger partial charge in [-0.05, 0) is 25.7 Å². The molecule has 3 fully saturated rings.